The third-order valence-electron chi connectivity index (χ3n) is 7.72. The molecule has 0 unspecified atom stereocenters. The van der Waals surface area contributed by atoms with Crippen LogP contribution in [0.2, 0.25) is 0 Å². The molecule has 0 aliphatic carbocycles. The second-order valence-electron chi connectivity index (χ2n) is 10.5. The first-order chi connectivity index (χ1) is 21.2. The maximum atomic E-state index is 13.7. The Kier molecular flexibility index (Phi) is 12.1. The zero-order chi connectivity index (χ0) is 31.7. The molecule has 4 rings (SSSR count). The van der Waals surface area contributed by atoms with Crippen LogP contribution in [0.15, 0.2) is 59.5 Å². The van der Waals surface area contributed by atoms with Gasteiger partial charge in [-0.05, 0) is 55.7 Å². The van der Waals surface area contributed by atoms with Gasteiger partial charge in [0.15, 0.2) is 0 Å². The number of benzene rings is 2. The van der Waals surface area contributed by atoms with Crippen LogP contribution in [0.4, 0.5) is 5.00 Å². The third kappa shape index (κ3) is 7.92. The highest BCUT2D eigenvalue weighted by atomic mass is 32.2. The Labute approximate surface area is 264 Å². The number of anilines is 1. The minimum absolute atomic E-state index is 0.0729. The molecule has 12 heteroatoms. The lowest BCUT2D eigenvalue weighted by Gasteiger charge is -2.28. The summed E-state index contributed by atoms with van der Waals surface area (Å²) in [6.45, 7) is 8.18. The average Bonchev–Trinajstić information content (AvgIpc) is 3.38. The van der Waals surface area contributed by atoms with Gasteiger partial charge in [-0.2, -0.15) is 4.31 Å². The molecule has 1 aliphatic heterocycles. The smallest absolute Gasteiger partial charge is 0.257 e. The molecule has 3 aromatic rings. The Morgan fingerprint density at radius 2 is 1.59 bits per heavy atom. The fourth-order valence-electron chi connectivity index (χ4n) is 5.26. The number of hydrogen-bond acceptors (Lipinski definition) is 8. The van der Waals surface area contributed by atoms with Crippen LogP contribution in [0, 0.1) is 0 Å². The van der Waals surface area contributed by atoms with E-state index >= 15 is 0 Å². The van der Waals surface area contributed by atoms with Crippen LogP contribution in [0.25, 0.3) is 0 Å². The molecule has 0 atom stereocenters. The van der Waals surface area contributed by atoms with Gasteiger partial charge in [-0.1, -0.05) is 30.3 Å². The third-order valence-corrected chi connectivity index (χ3v) is 10.8. The first-order valence-corrected chi connectivity index (χ1v) is 17.1. The quantitative estimate of drug-likeness (QED) is 0.263. The van der Waals surface area contributed by atoms with Gasteiger partial charge in [0.25, 0.3) is 11.8 Å². The maximum absolute atomic E-state index is 13.7. The molecular formula is C32H42N4O6S2. The van der Waals surface area contributed by atoms with E-state index in [1.165, 1.54) is 59.7 Å². The second-order valence-corrected chi connectivity index (χ2v) is 13.5. The van der Waals surface area contributed by atoms with E-state index in [0.717, 1.165) is 23.5 Å². The Morgan fingerprint density at radius 3 is 2.18 bits per heavy atom. The Bertz CT molecular complexity index is 1500. The summed E-state index contributed by atoms with van der Waals surface area (Å²) in [5.41, 5.74) is 3.08. The summed E-state index contributed by atoms with van der Waals surface area (Å²) in [4.78, 5) is 32.4. The van der Waals surface area contributed by atoms with Crippen molar-refractivity contribution < 1.29 is 27.5 Å². The molecule has 0 saturated heterocycles. The molecule has 0 bridgehead atoms. The normalized spacial score (nSPS) is 13.6. The summed E-state index contributed by atoms with van der Waals surface area (Å²) in [6.07, 6.45) is 0.714. The zero-order valence-electron chi connectivity index (χ0n) is 25.9. The van der Waals surface area contributed by atoms with Crippen molar-refractivity contribution in [1.82, 2.24) is 14.1 Å². The van der Waals surface area contributed by atoms with Gasteiger partial charge < -0.3 is 19.7 Å². The molecule has 0 fully saturated rings. The lowest BCUT2D eigenvalue weighted by molar-refractivity contribution is 0.0772. The molecule has 238 valence electrons. The number of fused-ring (bicyclic) bond motifs is 1. The van der Waals surface area contributed by atoms with E-state index in [-0.39, 0.29) is 37.1 Å². The first kappa shape index (κ1) is 33.8. The van der Waals surface area contributed by atoms with Crippen molar-refractivity contribution in [2.24, 2.45) is 0 Å². The van der Waals surface area contributed by atoms with Crippen LogP contribution in [0.3, 0.4) is 0 Å². The Hall–Kier alpha value is -3.13. The van der Waals surface area contributed by atoms with Gasteiger partial charge in [-0.15, -0.1) is 11.3 Å². The molecule has 2 aromatic carbocycles. The van der Waals surface area contributed by atoms with Crippen molar-refractivity contribution in [3.05, 3.63) is 81.7 Å². The number of carbonyl (C=O) groups is 2. The summed E-state index contributed by atoms with van der Waals surface area (Å²) in [5.74, 6) is -0.495. The molecular weight excluding hydrogens is 601 g/mol. The summed E-state index contributed by atoms with van der Waals surface area (Å²) < 4.78 is 38.0. The summed E-state index contributed by atoms with van der Waals surface area (Å²) in [6, 6.07) is 16.1. The number of thiophene rings is 1. The van der Waals surface area contributed by atoms with E-state index < -0.39 is 15.9 Å². The molecule has 10 nitrogen and oxygen atoms in total. The maximum Gasteiger partial charge on any atom is 0.257 e. The van der Waals surface area contributed by atoms with E-state index in [1.54, 1.807) is 4.90 Å². The standard InChI is InChI=1S/C32H42N4O6S2/c1-5-35(6-2)32(38)29-27-16-17-34(22-24-10-8-7-9-11-24)23-28(27)43-31(29)33-30(37)25-12-14-26(15-13-25)44(39,40)36(18-20-41-3)19-21-42-4/h7-15H,5-6,16-23H2,1-4H3,(H,33,37). The minimum atomic E-state index is -3.82. The second kappa shape index (κ2) is 15.7. The summed E-state index contributed by atoms with van der Waals surface area (Å²) in [5, 5.41) is 3.52. The number of rotatable bonds is 15. The van der Waals surface area contributed by atoms with E-state index in [9.17, 15) is 18.0 Å². The van der Waals surface area contributed by atoms with Crippen molar-refractivity contribution in [2.75, 3.05) is 65.5 Å². The molecule has 0 spiro atoms. The van der Waals surface area contributed by atoms with Gasteiger partial charge in [0.2, 0.25) is 10.0 Å². The van der Waals surface area contributed by atoms with Crippen LogP contribution in [-0.2, 0) is 39.0 Å². The van der Waals surface area contributed by atoms with Gasteiger partial charge in [-0.3, -0.25) is 14.5 Å². The van der Waals surface area contributed by atoms with Gasteiger partial charge in [0.05, 0.1) is 23.7 Å². The molecule has 2 heterocycles. The van der Waals surface area contributed by atoms with Crippen molar-refractivity contribution in [1.29, 1.82) is 0 Å². The summed E-state index contributed by atoms with van der Waals surface area (Å²) >= 11 is 1.45. The van der Waals surface area contributed by atoms with E-state index in [4.69, 9.17) is 9.47 Å². The van der Waals surface area contributed by atoms with Crippen LogP contribution in [0.1, 0.15) is 50.6 Å². The topological polar surface area (TPSA) is 108 Å². The first-order valence-electron chi connectivity index (χ1n) is 14.8. The highest BCUT2D eigenvalue weighted by Crippen LogP contribution is 2.38. The number of sulfonamides is 1. The van der Waals surface area contributed by atoms with Crippen molar-refractivity contribution >= 4 is 38.2 Å². The molecule has 1 N–H and O–H groups in total. The fourth-order valence-corrected chi connectivity index (χ4v) is 7.94. The van der Waals surface area contributed by atoms with Gasteiger partial charge in [0, 0.05) is 70.5 Å². The zero-order valence-corrected chi connectivity index (χ0v) is 27.5. The average molecular weight is 643 g/mol. The number of methoxy groups -OCH3 is 2. The minimum Gasteiger partial charge on any atom is -0.383 e. The molecule has 0 radical (unpaired) electrons. The molecule has 0 saturated carbocycles. The lowest BCUT2D eigenvalue weighted by atomic mass is 10.0. The van der Waals surface area contributed by atoms with Crippen molar-refractivity contribution in [2.45, 2.75) is 38.3 Å². The predicted octanol–water partition coefficient (Wildman–Crippen LogP) is 4.32. The van der Waals surface area contributed by atoms with Crippen LogP contribution >= 0.6 is 11.3 Å². The highest BCUT2D eigenvalue weighted by molar-refractivity contribution is 7.89. The molecule has 2 amide bonds. The largest absolute Gasteiger partial charge is 0.383 e. The Morgan fingerprint density at radius 1 is 0.955 bits per heavy atom. The monoisotopic (exact) mass is 642 g/mol. The number of nitrogens with zero attached hydrogens (tertiary/aromatic N) is 3. The lowest BCUT2D eigenvalue weighted by Crippen LogP contribution is -2.36. The van der Waals surface area contributed by atoms with Gasteiger partial charge >= 0.3 is 0 Å². The Balaban J connectivity index is 1.57. The predicted molar refractivity (Wildman–Crippen MR) is 173 cm³/mol. The number of nitrogens with one attached hydrogen (secondary N) is 1. The van der Waals surface area contributed by atoms with E-state index in [0.29, 0.717) is 42.2 Å². The fraction of sp³-hybridized carbons (Fsp3) is 0.438. The number of ether oxygens (including phenoxy) is 2. The number of amides is 2. The van der Waals surface area contributed by atoms with Crippen molar-refractivity contribution in [3.8, 4) is 0 Å². The molecule has 1 aliphatic rings. The van der Waals surface area contributed by atoms with Crippen LogP contribution in [0.5, 0.6) is 0 Å². The SMILES string of the molecule is CCN(CC)C(=O)c1c(NC(=O)c2ccc(S(=O)(=O)N(CCOC)CCOC)cc2)sc2c1CCN(Cc1ccccc1)C2. The van der Waals surface area contributed by atoms with Gasteiger partial charge in [-0.25, -0.2) is 8.42 Å². The van der Waals surface area contributed by atoms with Crippen LogP contribution in [-0.4, -0.2) is 94.5 Å². The van der Waals surface area contributed by atoms with Crippen molar-refractivity contribution in [3.63, 3.8) is 0 Å². The van der Waals surface area contributed by atoms with E-state index in [1.807, 2.05) is 32.0 Å². The number of carbonyl (C=O) groups excluding carboxylic acids is 2. The van der Waals surface area contributed by atoms with Crippen LogP contribution < -0.4 is 5.32 Å². The molecule has 44 heavy (non-hydrogen) atoms. The van der Waals surface area contributed by atoms with E-state index in [2.05, 4.69) is 22.3 Å². The van der Waals surface area contributed by atoms with Gasteiger partial charge in [0.1, 0.15) is 5.00 Å². The molecule has 1 aromatic heterocycles. The number of hydrogen-bond donors (Lipinski definition) is 1. The summed E-state index contributed by atoms with van der Waals surface area (Å²) in [7, 11) is -0.793. The highest BCUT2D eigenvalue weighted by Gasteiger charge is 2.31.